The van der Waals surface area contributed by atoms with E-state index in [9.17, 15) is 4.79 Å². The predicted molar refractivity (Wildman–Crippen MR) is 96.9 cm³/mol. The quantitative estimate of drug-likeness (QED) is 0.823. The average Bonchev–Trinajstić information content (AvgIpc) is 3.26. The molecule has 2 aliphatic rings. The molecule has 0 N–H and O–H groups in total. The summed E-state index contributed by atoms with van der Waals surface area (Å²) in [5.74, 6) is 0.808. The van der Waals surface area contributed by atoms with E-state index in [1.54, 1.807) is 18.4 Å². The Morgan fingerprint density at radius 2 is 2.08 bits per heavy atom. The van der Waals surface area contributed by atoms with E-state index < -0.39 is 0 Å². The van der Waals surface area contributed by atoms with Crippen molar-refractivity contribution in [2.45, 2.75) is 32.2 Å². The fourth-order valence-electron chi connectivity index (χ4n) is 3.68. The van der Waals surface area contributed by atoms with Gasteiger partial charge in [0.1, 0.15) is 11.9 Å². The highest BCUT2D eigenvalue weighted by Gasteiger charge is 2.47. The van der Waals surface area contributed by atoms with Crippen molar-refractivity contribution in [2.75, 3.05) is 20.2 Å². The van der Waals surface area contributed by atoms with E-state index in [4.69, 9.17) is 9.47 Å². The molecule has 5 nitrogen and oxygen atoms in total. The number of ether oxygens (including phenoxy) is 2. The first-order valence-corrected chi connectivity index (χ1v) is 9.38. The van der Waals surface area contributed by atoms with E-state index in [2.05, 4.69) is 23.3 Å². The molecule has 0 aliphatic carbocycles. The molecule has 1 amide bonds. The summed E-state index contributed by atoms with van der Waals surface area (Å²) in [4.78, 5) is 17.9. The van der Waals surface area contributed by atoms with Gasteiger partial charge in [-0.05, 0) is 30.0 Å². The summed E-state index contributed by atoms with van der Waals surface area (Å²) in [6.45, 7) is 5.25. The van der Waals surface area contributed by atoms with Gasteiger partial charge in [-0.1, -0.05) is 18.2 Å². The fourth-order valence-corrected chi connectivity index (χ4v) is 4.63. The molecule has 0 spiro atoms. The number of thiophene rings is 1. The van der Waals surface area contributed by atoms with Crippen molar-refractivity contribution in [3.05, 3.63) is 51.7 Å². The number of carbonyl (C=O) groups is 1. The molecular weight excluding hydrogens is 336 g/mol. The van der Waals surface area contributed by atoms with Gasteiger partial charge in [0.2, 0.25) is 0 Å². The van der Waals surface area contributed by atoms with Gasteiger partial charge >= 0.3 is 6.09 Å². The molecule has 2 fully saturated rings. The first kappa shape index (κ1) is 16.4. The molecule has 2 aromatic rings. The lowest BCUT2D eigenvalue weighted by atomic mass is 10.1. The van der Waals surface area contributed by atoms with Crippen LogP contribution >= 0.6 is 11.3 Å². The summed E-state index contributed by atoms with van der Waals surface area (Å²) >= 11 is 1.79. The third-order valence-corrected chi connectivity index (χ3v) is 6.08. The number of likely N-dealkylation sites (tertiary alicyclic amines) is 1. The molecule has 0 radical (unpaired) electrons. The van der Waals surface area contributed by atoms with Gasteiger partial charge in [0.25, 0.3) is 0 Å². The molecule has 2 aliphatic heterocycles. The van der Waals surface area contributed by atoms with Gasteiger partial charge in [-0.2, -0.15) is 0 Å². The van der Waals surface area contributed by atoms with Crippen LogP contribution in [0.2, 0.25) is 0 Å². The molecule has 1 aromatic heterocycles. The number of nitrogens with zero attached hydrogens (tertiary/aromatic N) is 2. The molecular formula is C19H22N2O3S. The van der Waals surface area contributed by atoms with E-state index in [0.29, 0.717) is 6.54 Å². The standard InChI is InChI=1S/C19H22N2O3S/c1-13-7-8-25-18(13)12-20-10-15-17(11-20)24-19(22)21(15)9-14-5-3-4-6-16(14)23-2/h3-8,15,17H,9-12H2,1-2H3/t15-,17+/m0/s1. The van der Waals surface area contributed by atoms with Crippen LogP contribution in [-0.4, -0.2) is 48.2 Å². The van der Waals surface area contributed by atoms with Crippen LogP contribution in [0.3, 0.4) is 0 Å². The smallest absolute Gasteiger partial charge is 0.410 e. The lowest BCUT2D eigenvalue weighted by molar-refractivity contribution is 0.119. The van der Waals surface area contributed by atoms with E-state index in [1.807, 2.05) is 29.2 Å². The number of rotatable bonds is 5. The van der Waals surface area contributed by atoms with Crippen molar-refractivity contribution in [3.8, 4) is 5.75 Å². The van der Waals surface area contributed by atoms with Gasteiger partial charge in [-0.15, -0.1) is 11.3 Å². The van der Waals surface area contributed by atoms with E-state index in [1.165, 1.54) is 10.4 Å². The van der Waals surface area contributed by atoms with Crippen LogP contribution in [-0.2, 0) is 17.8 Å². The van der Waals surface area contributed by atoms with Crippen LogP contribution in [0.1, 0.15) is 16.0 Å². The third kappa shape index (κ3) is 3.12. The van der Waals surface area contributed by atoms with Crippen LogP contribution in [0.25, 0.3) is 0 Å². The fraction of sp³-hybridized carbons (Fsp3) is 0.421. The van der Waals surface area contributed by atoms with Crippen LogP contribution in [0.5, 0.6) is 5.75 Å². The molecule has 0 unspecified atom stereocenters. The first-order chi connectivity index (χ1) is 12.2. The molecule has 2 saturated heterocycles. The van der Waals surface area contributed by atoms with Gasteiger partial charge in [0, 0.05) is 30.1 Å². The Balaban J connectivity index is 1.47. The largest absolute Gasteiger partial charge is 0.496 e. The van der Waals surface area contributed by atoms with E-state index >= 15 is 0 Å². The zero-order valence-corrected chi connectivity index (χ0v) is 15.3. The lowest BCUT2D eigenvalue weighted by Crippen LogP contribution is -2.37. The van der Waals surface area contributed by atoms with Gasteiger partial charge < -0.3 is 9.47 Å². The molecule has 3 heterocycles. The zero-order chi connectivity index (χ0) is 17.4. The van der Waals surface area contributed by atoms with E-state index in [0.717, 1.165) is 30.9 Å². The summed E-state index contributed by atoms with van der Waals surface area (Å²) in [5, 5.41) is 2.13. The number of methoxy groups -OCH3 is 1. The second kappa shape index (κ2) is 6.69. The van der Waals surface area contributed by atoms with Crippen LogP contribution in [0.4, 0.5) is 4.79 Å². The van der Waals surface area contributed by atoms with Crippen molar-refractivity contribution in [1.82, 2.24) is 9.80 Å². The summed E-state index contributed by atoms with van der Waals surface area (Å²) in [7, 11) is 1.66. The molecule has 2 atom stereocenters. The Kier molecular flexibility index (Phi) is 4.39. The molecule has 0 saturated carbocycles. The second-order valence-electron chi connectivity index (χ2n) is 6.65. The lowest BCUT2D eigenvalue weighted by Gasteiger charge is -2.23. The van der Waals surface area contributed by atoms with Gasteiger partial charge in [-0.3, -0.25) is 9.80 Å². The number of para-hydroxylation sites is 1. The number of hydrogen-bond acceptors (Lipinski definition) is 5. The predicted octanol–water partition coefficient (Wildman–Crippen LogP) is 3.27. The SMILES string of the molecule is COc1ccccc1CN1C(=O)O[C@@H]2CN(Cc3sccc3C)C[C@@H]21. The summed E-state index contributed by atoms with van der Waals surface area (Å²) in [6, 6.07) is 10.1. The Labute approximate surface area is 151 Å². The van der Waals surface area contributed by atoms with Crippen molar-refractivity contribution in [3.63, 3.8) is 0 Å². The molecule has 0 bridgehead atoms. The van der Waals surface area contributed by atoms with Crippen LogP contribution in [0.15, 0.2) is 35.7 Å². The minimum Gasteiger partial charge on any atom is -0.496 e. The highest BCUT2D eigenvalue weighted by Crippen LogP contribution is 2.31. The van der Waals surface area contributed by atoms with Gasteiger partial charge in [0.05, 0.1) is 19.7 Å². The van der Waals surface area contributed by atoms with Crippen molar-refractivity contribution in [1.29, 1.82) is 0 Å². The van der Waals surface area contributed by atoms with Crippen molar-refractivity contribution in [2.24, 2.45) is 0 Å². The molecule has 4 rings (SSSR count). The average molecular weight is 358 g/mol. The number of fused-ring (bicyclic) bond motifs is 1. The normalized spacial score (nSPS) is 23.0. The molecule has 25 heavy (non-hydrogen) atoms. The van der Waals surface area contributed by atoms with Gasteiger partial charge in [0.15, 0.2) is 0 Å². The molecule has 132 valence electrons. The number of hydrogen-bond donors (Lipinski definition) is 0. The number of amides is 1. The minimum absolute atomic E-state index is 0.0394. The summed E-state index contributed by atoms with van der Waals surface area (Å²) in [5.41, 5.74) is 2.35. The van der Waals surface area contributed by atoms with Crippen LogP contribution in [0, 0.1) is 6.92 Å². The monoisotopic (exact) mass is 358 g/mol. The summed E-state index contributed by atoms with van der Waals surface area (Å²) in [6.07, 6.45) is -0.254. The number of aryl methyl sites for hydroxylation is 1. The highest BCUT2D eigenvalue weighted by molar-refractivity contribution is 7.10. The Morgan fingerprint density at radius 1 is 1.24 bits per heavy atom. The van der Waals surface area contributed by atoms with E-state index in [-0.39, 0.29) is 18.2 Å². The Morgan fingerprint density at radius 3 is 2.84 bits per heavy atom. The van der Waals surface area contributed by atoms with Crippen LogP contribution < -0.4 is 4.74 Å². The third-order valence-electron chi connectivity index (χ3n) is 5.07. The van der Waals surface area contributed by atoms with Crippen molar-refractivity contribution >= 4 is 17.4 Å². The zero-order valence-electron chi connectivity index (χ0n) is 14.5. The topological polar surface area (TPSA) is 42.0 Å². The van der Waals surface area contributed by atoms with Crippen molar-refractivity contribution < 1.29 is 14.3 Å². The maximum atomic E-state index is 12.3. The number of benzene rings is 1. The Bertz CT molecular complexity index is 776. The Hall–Kier alpha value is -2.05. The first-order valence-electron chi connectivity index (χ1n) is 8.50. The maximum absolute atomic E-state index is 12.3. The molecule has 1 aromatic carbocycles. The summed E-state index contributed by atoms with van der Waals surface area (Å²) < 4.78 is 11.0. The highest BCUT2D eigenvalue weighted by atomic mass is 32.1. The number of carbonyl (C=O) groups excluding carboxylic acids is 1. The molecule has 6 heteroatoms. The maximum Gasteiger partial charge on any atom is 0.410 e. The van der Waals surface area contributed by atoms with Gasteiger partial charge in [-0.25, -0.2) is 4.79 Å². The second-order valence-corrected chi connectivity index (χ2v) is 7.65. The minimum atomic E-state index is -0.215.